The smallest absolute Gasteiger partial charge is 0.188 e. The predicted molar refractivity (Wildman–Crippen MR) is 208 cm³/mol. The van der Waals surface area contributed by atoms with Crippen LogP contribution in [0.3, 0.4) is 0 Å². The Balaban J connectivity index is 1.11. The van der Waals surface area contributed by atoms with Crippen molar-refractivity contribution in [2.24, 2.45) is 5.92 Å². The summed E-state index contributed by atoms with van der Waals surface area (Å²) in [4.78, 5) is 17.3. The van der Waals surface area contributed by atoms with Crippen LogP contribution in [0.4, 0.5) is 14.5 Å². The van der Waals surface area contributed by atoms with E-state index in [4.69, 9.17) is 44.0 Å². The molecule has 4 aromatic rings. The molecule has 1 saturated carbocycles. The van der Waals surface area contributed by atoms with Crippen molar-refractivity contribution in [3.63, 3.8) is 0 Å². The van der Waals surface area contributed by atoms with Crippen LogP contribution in [0.1, 0.15) is 59.6 Å². The summed E-state index contributed by atoms with van der Waals surface area (Å²) < 4.78 is 47.9. The molecule has 0 radical (unpaired) electrons. The quantitative estimate of drug-likeness (QED) is 0.0949. The molecule has 2 aliphatic carbocycles. The van der Waals surface area contributed by atoms with E-state index in [0.29, 0.717) is 84.5 Å². The minimum Gasteiger partial charge on any atom is -0.492 e. The largest absolute Gasteiger partial charge is 0.492 e. The maximum Gasteiger partial charge on any atom is 0.188 e. The van der Waals surface area contributed by atoms with Crippen LogP contribution in [0, 0.1) is 23.8 Å². The molecular weight excluding hydrogens is 745 g/mol. The second-order valence-corrected chi connectivity index (χ2v) is 15.2. The van der Waals surface area contributed by atoms with Crippen LogP contribution < -0.4 is 19.5 Å². The van der Waals surface area contributed by atoms with Gasteiger partial charge in [0.2, 0.25) is 0 Å². The number of alkyl halides is 2. The number of carbonyl (C=O) groups excluding carboxylic acids is 1. The first-order valence-corrected chi connectivity index (χ1v) is 19.2. The zero-order valence-electron chi connectivity index (χ0n) is 30.1. The fourth-order valence-electron chi connectivity index (χ4n) is 7.58. The first-order chi connectivity index (χ1) is 26.7. The summed E-state index contributed by atoms with van der Waals surface area (Å²) in [6, 6.07) is 21.5. The van der Waals surface area contributed by atoms with E-state index in [-0.39, 0.29) is 35.5 Å². The molecule has 3 aliphatic rings. The number of ether oxygens (including phenoxy) is 3. The fraction of sp³-hybridized carbons (Fsp3) is 0.372. The van der Waals surface area contributed by atoms with Crippen molar-refractivity contribution in [1.29, 1.82) is 5.26 Å². The summed E-state index contributed by atoms with van der Waals surface area (Å²) in [5, 5.41) is 13.6. The monoisotopic (exact) mass is 784 g/mol. The summed E-state index contributed by atoms with van der Waals surface area (Å²) in [6.07, 6.45) is -0.212. The van der Waals surface area contributed by atoms with Crippen molar-refractivity contribution in [1.82, 2.24) is 10.2 Å². The van der Waals surface area contributed by atoms with Crippen molar-refractivity contribution in [2.75, 3.05) is 32.8 Å². The molecule has 0 unspecified atom stereocenters. The third-order valence-electron chi connectivity index (χ3n) is 10.4. The highest BCUT2D eigenvalue weighted by atomic mass is 35.5. The molecule has 4 aromatic carbocycles. The lowest BCUT2D eigenvalue weighted by Gasteiger charge is -2.34. The van der Waals surface area contributed by atoms with Gasteiger partial charge in [0, 0.05) is 68.2 Å². The van der Waals surface area contributed by atoms with Gasteiger partial charge in [-0.1, -0.05) is 53.5 Å². The van der Waals surface area contributed by atoms with Gasteiger partial charge in [-0.2, -0.15) is 5.26 Å². The van der Waals surface area contributed by atoms with E-state index < -0.39 is 18.4 Å². The van der Waals surface area contributed by atoms with Crippen molar-refractivity contribution < 1.29 is 27.8 Å². The van der Waals surface area contributed by atoms with E-state index >= 15 is 4.39 Å². The van der Waals surface area contributed by atoms with Crippen LogP contribution in [0.5, 0.6) is 17.2 Å². The van der Waals surface area contributed by atoms with Gasteiger partial charge >= 0.3 is 0 Å². The van der Waals surface area contributed by atoms with Gasteiger partial charge in [-0.25, -0.2) is 13.6 Å². The Morgan fingerprint density at radius 2 is 1.80 bits per heavy atom. The first-order valence-electron chi connectivity index (χ1n) is 18.5. The third-order valence-corrected chi connectivity index (χ3v) is 11.1. The summed E-state index contributed by atoms with van der Waals surface area (Å²) in [5.41, 5.74) is 5.04. The molecule has 8 nitrogen and oxygen atoms in total. The standard InChI is InChI=1S/C43H40Cl2F2N4O4/c1-49-31-14-27(20-48)13-28(15-31)25-54-40-19-41(37(44)17-29(40)22-50-21-26-9-10-32(52)16-26)55-43-35-7-2-5-33(36(35)18-38(43)47)34-6-3-8-39(42(34)45)53-12-4-11-51-23-30(46)24-51/h2-3,5-8,13-15,17,19,26,30,38,43,50H,4,9-12,16,18,21-25H2/t26-,38+,43+/m0/s1. The van der Waals surface area contributed by atoms with Crippen molar-refractivity contribution in [3.05, 3.63) is 116 Å². The van der Waals surface area contributed by atoms with E-state index in [1.165, 1.54) is 6.07 Å². The molecule has 3 atom stereocenters. The highest BCUT2D eigenvalue weighted by molar-refractivity contribution is 6.35. The Hall–Kier alpha value is -4.71. The average Bonchev–Trinajstić information content (AvgIpc) is 3.74. The van der Waals surface area contributed by atoms with Gasteiger partial charge in [-0.15, -0.1) is 0 Å². The van der Waals surface area contributed by atoms with Crippen LogP contribution in [0.2, 0.25) is 10.0 Å². The molecule has 1 saturated heterocycles. The Bertz CT molecular complexity index is 2120. The highest BCUT2D eigenvalue weighted by Crippen LogP contribution is 2.46. The summed E-state index contributed by atoms with van der Waals surface area (Å²) in [6.45, 7) is 10.7. The van der Waals surface area contributed by atoms with Gasteiger partial charge < -0.3 is 19.5 Å². The van der Waals surface area contributed by atoms with Crippen molar-refractivity contribution in [2.45, 2.75) is 63.7 Å². The number of hydrogen-bond acceptors (Lipinski definition) is 7. The van der Waals surface area contributed by atoms with E-state index in [2.05, 4.69) is 16.2 Å². The molecule has 0 spiro atoms. The number of hydrogen-bond donors (Lipinski definition) is 1. The number of halogens is 4. The number of carbonyl (C=O) groups is 1. The Morgan fingerprint density at radius 3 is 2.56 bits per heavy atom. The summed E-state index contributed by atoms with van der Waals surface area (Å²) in [7, 11) is 0. The molecule has 2 fully saturated rings. The van der Waals surface area contributed by atoms with Crippen LogP contribution in [-0.2, 0) is 24.4 Å². The number of nitriles is 1. The van der Waals surface area contributed by atoms with Crippen LogP contribution >= 0.6 is 23.2 Å². The molecule has 1 heterocycles. The summed E-state index contributed by atoms with van der Waals surface area (Å²) >= 11 is 13.7. The first kappa shape index (κ1) is 38.6. The zero-order chi connectivity index (χ0) is 38.5. The van der Waals surface area contributed by atoms with Gasteiger partial charge in [0.05, 0.1) is 29.3 Å². The number of likely N-dealkylation sites (tertiary alicyclic amines) is 1. The van der Waals surface area contributed by atoms with Gasteiger partial charge in [-0.05, 0) is 77.9 Å². The number of benzene rings is 4. The Labute approximate surface area is 329 Å². The Morgan fingerprint density at radius 1 is 0.982 bits per heavy atom. The predicted octanol–water partition coefficient (Wildman–Crippen LogP) is 9.56. The normalized spacial score (nSPS) is 19.4. The van der Waals surface area contributed by atoms with Crippen LogP contribution in [0.15, 0.2) is 66.7 Å². The van der Waals surface area contributed by atoms with Crippen molar-refractivity contribution in [3.8, 4) is 34.4 Å². The van der Waals surface area contributed by atoms with Gasteiger partial charge in [0.25, 0.3) is 0 Å². The Kier molecular flexibility index (Phi) is 12.2. The van der Waals surface area contributed by atoms with E-state index in [1.54, 1.807) is 30.3 Å². The van der Waals surface area contributed by atoms with E-state index in [1.807, 2.05) is 35.2 Å². The number of rotatable bonds is 15. The molecule has 55 heavy (non-hydrogen) atoms. The molecule has 0 amide bonds. The fourth-order valence-corrected chi connectivity index (χ4v) is 8.09. The number of nitrogens with zero attached hydrogens (tertiary/aromatic N) is 3. The lowest BCUT2D eigenvalue weighted by molar-refractivity contribution is -0.117. The zero-order valence-corrected chi connectivity index (χ0v) is 31.6. The van der Waals surface area contributed by atoms with E-state index in [0.717, 1.165) is 41.6 Å². The van der Waals surface area contributed by atoms with Gasteiger partial charge in [0.15, 0.2) is 11.8 Å². The lowest BCUT2D eigenvalue weighted by atomic mass is 9.96. The molecule has 284 valence electrons. The molecular formula is C43H40Cl2F2N4O4. The topological polar surface area (TPSA) is 88.2 Å². The van der Waals surface area contributed by atoms with Gasteiger partial charge in [0.1, 0.15) is 42.0 Å². The maximum atomic E-state index is 16.1. The number of Topliss-reactive ketones (excluding diaryl/α,β-unsaturated/α-hetero) is 1. The molecule has 0 aromatic heterocycles. The van der Waals surface area contributed by atoms with Gasteiger partial charge in [-0.3, -0.25) is 9.69 Å². The second kappa shape index (κ2) is 17.4. The lowest BCUT2D eigenvalue weighted by Crippen LogP contribution is -2.48. The third kappa shape index (κ3) is 9.06. The number of fused-ring (bicyclic) bond motifs is 1. The molecule has 7 rings (SSSR count). The second-order valence-electron chi connectivity index (χ2n) is 14.4. The van der Waals surface area contributed by atoms with E-state index in [9.17, 15) is 14.4 Å². The molecule has 1 aliphatic heterocycles. The molecule has 0 bridgehead atoms. The number of ketones is 1. The average molecular weight is 786 g/mol. The summed E-state index contributed by atoms with van der Waals surface area (Å²) in [5.74, 6) is 1.76. The maximum absolute atomic E-state index is 16.1. The highest BCUT2D eigenvalue weighted by Gasteiger charge is 2.37. The van der Waals surface area contributed by atoms with Crippen molar-refractivity contribution >= 4 is 34.7 Å². The molecule has 1 N–H and O–H groups in total. The van der Waals surface area contributed by atoms with Crippen LogP contribution in [0.25, 0.3) is 16.0 Å². The SMILES string of the molecule is [C-]#[N+]c1cc(C#N)cc(COc2cc(O[C@@H]3c4cccc(-c5cccc(OCCCN6CC(F)C6)c5Cl)c4C[C@H]3F)c(Cl)cc2CNC[C@H]2CCC(=O)C2)c1. The van der Waals surface area contributed by atoms with Crippen LogP contribution in [-0.4, -0.2) is 55.8 Å². The molecule has 12 heteroatoms. The minimum absolute atomic E-state index is 0.0616. The minimum atomic E-state index is -1.38. The number of nitrogens with one attached hydrogen (secondary N) is 1.